The van der Waals surface area contributed by atoms with Crippen LogP contribution in [0.4, 0.5) is 0 Å². The molecule has 3 heterocycles. The van der Waals surface area contributed by atoms with Crippen molar-refractivity contribution in [2.24, 2.45) is 17.4 Å². The third-order valence-corrected chi connectivity index (χ3v) is 11.9. The number of imidazole rings is 1. The van der Waals surface area contributed by atoms with E-state index < -0.39 is 133 Å². The zero-order chi connectivity index (χ0) is 54.1. The Morgan fingerprint density at radius 1 is 0.781 bits per heavy atom. The first kappa shape index (κ1) is 58.1. The summed E-state index contributed by atoms with van der Waals surface area (Å²) in [6, 6.07) is -4.27. The Labute approximate surface area is 419 Å². The number of carbonyl (C=O) groups is 10. The van der Waals surface area contributed by atoms with Gasteiger partial charge in [0.15, 0.2) is 6.04 Å². The number of aromatic nitrogens is 3. The number of carboxylic acid groups (broad SMARTS) is 1. The molecule has 1 aliphatic heterocycles. The fraction of sp³-hybridized carbons (Fsp3) is 0.543. The van der Waals surface area contributed by atoms with Gasteiger partial charge in [-0.15, -0.1) is 0 Å². The number of H-pyrrole nitrogens is 2. The van der Waals surface area contributed by atoms with Gasteiger partial charge in [0.25, 0.3) is 0 Å². The van der Waals surface area contributed by atoms with Crippen LogP contribution in [0.25, 0.3) is 10.9 Å². The van der Waals surface area contributed by atoms with Gasteiger partial charge in [-0.3, -0.25) is 43.2 Å². The summed E-state index contributed by atoms with van der Waals surface area (Å²) in [5, 5.41) is 57.9. The number of rotatable bonds is 28. The Hall–Kier alpha value is -7.49. The van der Waals surface area contributed by atoms with Gasteiger partial charge >= 0.3 is 5.97 Å². The number of nitrogens with zero attached hydrogens (tertiary/aromatic N) is 2. The number of aromatic amines is 2. The number of nitrogens with two attached hydrogens (primary N) is 2. The van der Waals surface area contributed by atoms with Crippen LogP contribution in [0.15, 0.2) is 43.0 Å². The Balaban J connectivity index is 1.41. The molecule has 9 amide bonds. The highest BCUT2D eigenvalue weighted by Gasteiger charge is 2.41. The molecule has 0 radical (unpaired) electrons. The highest BCUT2D eigenvalue weighted by Crippen LogP contribution is 2.21. The first-order valence-corrected chi connectivity index (χ1v) is 23.7. The first-order valence-electron chi connectivity index (χ1n) is 23.7. The molecule has 2 aromatic heterocycles. The van der Waals surface area contributed by atoms with E-state index in [1.54, 1.807) is 20.0 Å². The van der Waals surface area contributed by atoms with Crippen LogP contribution in [0, 0.1) is 5.92 Å². The Kier molecular flexibility index (Phi) is 21.8. The van der Waals surface area contributed by atoms with Crippen LogP contribution in [0.1, 0.15) is 71.1 Å². The van der Waals surface area contributed by atoms with Crippen LogP contribution in [-0.2, 0) is 60.8 Å². The Morgan fingerprint density at radius 3 is 2.05 bits per heavy atom. The van der Waals surface area contributed by atoms with E-state index in [1.165, 1.54) is 19.4 Å². The van der Waals surface area contributed by atoms with E-state index in [0.717, 1.165) is 28.3 Å². The minimum absolute atomic E-state index is 0.00130. The van der Waals surface area contributed by atoms with Crippen molar-refractivity contribution in [3.8, 4) is 0 Å². The number of nitrogens with one attached hydrogen (secondary N) is 9. The number of primary amides is 1. The molecular weight excluding hydrogens is 959 g/mol. The van der Waals surface area contributed by atoms with Gasteiger partial charge in [-0.25, -0.2) is 9.78 Å². The minimum Gasteiger partial charge on any atom is -0.480 e. The second-order valence-electron chi connectivity index (χ2n) is 18.3. The largest absolute Gasteiger partial charge is 0.480 e. The lowest BCUT2D eigenvalue weighted by Gasteiger charge is -2.30. The average molecular weight is 1030 g/mol. The van der Waals surface area contributed by atoms with E-state index in [4.69, 9.17) is 11.5 Å². The topological polar surface area (TPSA) is 436 Å². The van der Waals surface area contributed by atoms with E-state index in [-0.39, 0.29) is 51.0 Å². The van der Waals surface area contributed by atoms with E-state index >= 15 is 0 Å². The number of hydrogen-bond donors (Lipinski definition) is 15. The predicted molar refractivity (Wildman–Crippen MR) is 258 cm³/mol. The molecule has 0 spiro atoms. The number of hydrogen-bond acceptors (Lipinski definition) is 15. The van der Waals surface area contributed by atoms with Gasteiger partial charge in [0, 0.05) is 48.4 Å². The average Bonchev–Trinajstić information content (AvgIpc) is 4.13. The second kappa shape index (κ2) is 27.4. The molecule has 27 heteroatoms. The molecule has 0 bridgehead atoms. The van der Waals surface area contributed by atoms with Crippen LogP contribution in [0.3, 0.4) is 0 Å². The molecule has 400 valence electrons. The fourth-order valence-electron chi connectivity index (χ4n) is 8.05. The first-order chi connectivity index (χ1) is 34.5. The van der Waals surface area contributed by atoms with Crippen molar-refractivity contribution in [1.82, 2.24) is 57.1 Å². The number of likely N-dealkylation sites (tertiary alicyclic amines) is 1. The molecule has 1 aliphatic rings. The van der Waals surface area contributed by atoms with Gasteiger partial charge in [0.2, 0.25) is 53.2 Å². The summed E-state index contributed by atoms with van der Waals surface area (Å²) in [5.74, 6) is -9.78. The lowest BCUT2D eigenvalue weighted by molar-refractivity contribution is -0.146. The van der Waals surface area contributed by atoms with Crippen LogP contribution in [0.2, 0.25) is 0 Å². The van der Waals surface area contributed by atoms with Crippen LogP contribution in [0.5, 0.6) is 0 Å². The smallest absolute Gasteiger partial charge is 0.328 e. The van der Waals surface area contributed by atoms with Gasteiger partial charge < -0.3 is 84.0 Å². The number of carbonyl (C=O) groups excluding carboxylic acids is 9. The summed E-state index contributed by atoms with van der Waals surface area (Å²) in [5.41, 5.74) is 13.4. The minimum atomic E-state index is -1.75. The normalized spacial score (nSPS) is 17.1. The number of amides is 9. The van der Waals surface area contributed by atoms with Crippen LogP contribution < -0.4 is 48.7 Å². The van der Waals surface area contributed by atoms with Gasteiger partial charge in [0.05, 0.1) is 37.7 Å². The molecule has 17 N–H and O–H groups in total. The maximum absolute atomic E-state index is 13.9. The van der Waals surface area contributed by atoms with Crippen molar-refractivity contribution in [2.45, 2.75) is 133 Å². The predicted octanol–water partition coefficient (Wildman–Crippen LogP) is -4.83. The molecular formula is C46H67N13O14. The van der Waals surface area contributed by atoms with Crippen LogP contribution in [-0.4, -0.2) is 180 Å². The van der Waals surface area contributed by atoms with Crippen molar-refractivity contribution < 1.29 is 68.4 Å². The van der Waals surface area contributed by atoms with Crippen molar-refractivity contribution in [2.75, 3.05) is 19.7 Å². The third-order valence-electron chi connectivity index (χ3n) is 11.9. The summed E-state index contributed by atoms with van der Waals surface area (Å²) in [6.45, 7) is 4.07. The second-order valence-corrected chi connectivity index (χ2v) is 18.3. The van der Waals surface area contributed by atoms with Crippen molar-refractivity contribution in [3.05, 3.63) is 54.2 Å². The van der Waals surface area contributed by atoms with Gasteiger partial charge in [0.1, 0.15) is 36.3 Å². The highest BCUT2D eigenvalue weighted by molar-refractivity contribution is 5.98. The lowest BCUT2D eigenvalue weighted by atomic mass is 10.0. The number of fused-ring (bicyclic) bond motifs is 1. The summed E-state index contributed by atoms with van der Waals surface area (Å²) in [7, 11) is 0. The van der Waals surface area contributed by atoms with Crippen molar-refractivity contribution in [3.63, 3.8) is 0 Å². The number of aliphatic carboxylic acids is 1. The maximum atomic E-state index is 13.9. The zero-order valence-electron chi connectivity index (χ0n) is 40.9. The van der Waals surface area contributed by atoms with Gasteiger partial charge in [-0.2, -0.15) is 0 Å². The molecule has 0 saturated carbocycles. The third kappa shape index (κ3) is 17.1. The van der Waals surface area contributed by atoms with Crippen LogP contribution >= 0.6 is 0 Å². The standard InChI is InChI=1S/C46H67N13O14/c1-22(2)14-31(42(68)58-38(24(4)62)46(72)73)54-43(69)34-10-7-13-59(34)45(71)33(20-60)56-41(67)32(16-26-18-49-21-52-26)55-44(70)37(23(3)61)57-36(64)19-51-40(66)30(11-12-35(48)63)53-39(65)28(47)15-25-17-50-29-9-6-5-8-27(25)29/h5-6,8-9,17-18,21-24,28,30-34,37-38,50,60-62H,7,10-16,19-20,47H2,1-4H3,(H2,48,63)(H,49,52)(H,51,66)(H,53,65)(H,54,69)(H,55,70)(H,56,67)(H,57,64)(H,58,68)(H,72,73). The highest BCUT2D eigenvalue weighted by atomic mass is 16.4. The van der Waals surface area contributed by atoms with E-state index in [2.05, 4.69) is 52.2 Å². The number of carboxylic acids is 1. The molecule has 1 aromatic carbocycles. The summed E-state index contributed by atoms with van der Waals surface area (Å²) >= 11 is 0. The molecule has 73 heavy (non-hydrogen) atoms. The van der Waals surface area contributed by atoms with E-state index in [1.807, 2.05) is 24.3 Å². The Bertz CT molecular complexity index is 2430. The summed E-state index contributed by atoms with van der Waals surface area (Å²) in [6.07, 6.45) is 0.951. The quantitative estimate of drug-likeness (QED) is 0.0324. The molecule has 1 fully saturated rings. The van der Waals surface area contributed by atoms with Crippen molar-refractivity contribution >= 4 is 70.0 Å². The summed E-state index contributed by atoms with van der Waals surface area (Å²) < 4.78 is 0. The van der Waals surface area contributed by atoms with E-state index in [0.29, 0.717) is 12.1 Å². The SMILES string of the molecule is CC(C)CC(NC(=O)C1CCCN1C(=O)C(CO)NC(=O)C(Cc1cnc[nH]1)NC(=O)C(NC(=O)CNC(=O)C(CCC(N)=O)NC(=O)C(N)Cc1c[nH]c2ccccc12)C(C)O)C(=O)NC(C(=O)O)C(C)O. The van der Waals surface area contributed by atoms with Gasteiger partial charge in [-0.05, 0) is 63.5 Å². The molecule has 0 aliphatic carbocycles. The molecule has 10 unspecified atom stereocenters. The monoisotopic (exact) mass is 1030 g/mol. The molecule has 27 nitrogen and oxygen atoms in total. The number of aliphatic hydroxyl groups excluding tert-OH is 3. The molecule has 1 saturated heterocycles. The lowest BCUT2D eigenvalue weighted by Crippen LogP contribution is -2.61. The number of benzene rings is 1. The van der Waals surface area contributed by atoms with Crippen molar-refractivity contribution in [1.29, 1.82) is 0 Å². The zero-order valence-corrected chi connectivity index (χ0v) is 40.9. The van der Waals surface area contributed by atoms with E-state index in [9.17, 15) is 68.4 Å². The Morgan fingerprint density at radius 2 is 1.44 bits per heavy atom. The number of para-hydroxylation sites is 1. The summed E-state index contributed by atoms with van der Waals surface area (Å²) in [4.78, 5) is 142. The van der Waals surface area contributed by atoms with Gasteiger partial charge in [-0.1, -0.05) is 32.0 Å². The molecule has 3 aromatic rings. The molecule has 10 atom stereocenters. The maximum Gasteiger partial charge on any atom is 0.328 e. The number of aliphatic hydroxyl groups is 3. The molecule has 4 rings (SSSR count). The fourth-order valence-corrected chi connectivity index (χ4v) is 8.05.